The first-order valence-corrected chi connectivity index (χ1v) is 8.00. The van der Waals surface area contributed by atoms with Crippen molar-refractivity contribution in [2.75, 3.05) is 5.32 Å². The Morgan fingerprint density at radius 3 is 2.62 bits per heavy atom. The number of hydrogen-bond acceptors (Lipinski definition) is 2. The van der Waals surface area contributed by atoms with Gasteiger partial charge in [0.2, 0.25) is 5.91 Å². The molecule has 0 saturated heterocycles. The SMILES string of the molecule is O=C(CCc1cc2c(cn1)[nH]c1ccccc12)Nc1ccccc1. The second-order valence-corrected chi connectivity index (χ2v) is 5.81. The van der Waals surface area contributed by atoms with Gasteiger partial charge in [-0.3, -0.25) is 9.78 Å². The van der Waals surface area contributed by atoms with Crippen LogP contribution in [-0.2, 0) is 11.2 Å². The van der Waals surface area contributed by atoms with Gasteiger partial charge >= 0.3 is 0 Å². The topological polar surface area (TPSA) is 57.8 Å². The summed E-state index contributed by atoms with van der Waals surface area (Å²) in [6, 6.07) is 19.8. The first-order chi connectivity index (χ1) is 11.8. The van der Waals surface area contributed by atoms with Crippen molar-refractivity contribution in [2.24, 2.45) is 0 Å². The molecule has 0 bridgehead atoms. The molecule has 0 aliphatic heterocycles. The average molecular weight is 315 g/mol. The lowest BCUT2D eigenvalue weighted by Gasteiger charge is -2.05. The van der Waals surface area contributed by atoms with Crippen molar-refractivity contribution in [1.29, 1.82) is 0 Å². The van der Waals surface area contributed by atoms with Crippen LogP contribution in [0.5, 0.6) is 0 Å². The molecule has 0 aliphatic rings. The van der Waals surface area contributed by atoms with Crippen LogP contribution in [-0.4, -0.2) is 15.9 Å². The first-order valence-electron chi connectivity index (χ1n) is 8.00. The third-order valence-corrected chi connectivity index (χ3v) is 4.11. The number of nitrogens with zero attached hydrogens (tertiary/aromatic N) is 1. The maximum Gasteiger partial charge on any atom is 0.224 e. The summed E-state index contributed by atoms with van der Waals surface area (Å²) >= 11 is 0. The predicted octanol–water partition coefficient (Wildman–Crippen LogP) is 4.29. The van der Waals surface area contributed by atoms with Crippen molar-refractivity contribution in [3.05, 3.63) is 72.6 Å². The number of nitrogens with one attached hydrogen (secondary N) is 2. The maximum absolute atomic E-state index is 12.1. The van der Waals surface area contributed by atoms with Crippen molar-refractivity contribution in [2.45, 2.75) is 12.8 Å². The minimum absolute atomic E-state index is 0.00187. The molecule has 118 valence electrons. The Kier molecular flexibility index (Phi) is 3.71. The van der Waals surface area contributed by atoms with E-state index in [4.69, 9.17) is 0 Å². The molecule has 24 heavy (non-hydrogen) atoms. The molecule has 2 aromatic heterocycles. The van der Waals surface area contributed by atoms with Gasteiger partial charge in [0.05, 0.1) is 11.7 Å². The van der Waals surface area contributed by atoms with Gasteiger partial charge in [0.25, 0.3) is 0 Å². The number of hydrogen-bond donors (Lipinski definition) is 2. The third-order valence-electron chi connectivity index (χ3n) is 4.11. The molecule has 4 aromatic rings. The van der Waals surface area contributed by atoms with Crippen LogP contribution in [0.15, 0.2) is 66.9 Å². The second-order valence-electron chi connectivity index (χ2n) is 5.81. The molecule has 0 aliphatic carbocycles. The van der Waals surface area contributed by atoms with E-state index in [1.165, 1.54) is 5.39 Å². The average Bonchev–Trinajstić information content (AvgIpc) is 2.99. The van der Waals surface area contributed by atoms with Gasteiger partial charge < -0.3 is 10.3 Å². The van der Waals surface area contributed by atoms with E-state index >= 15 is 0 Å². The molecular formula is C20H17N3O. The van der Waals surface area contributed by atoms with Gasteiger partial charge in [-0.1, -0.05) is 36.4 Å². The number of amides is 1. The summed E-state index contributed by atoms with van der Waals surface area (Å²) in [5.74, 6) is 0.00187. The van der Waals surface area contributed by atoms with E-state index in [0.29, 0.717) is 12.8 Å². The number of rotatable bonds is 4. The molecule has 2 aromatic carbocycles. The van der Waals surface area contributed by atoms with Crippen molar-refractivity contribution in [3.8, 4) is 0 Å². The highest BCUT2D eigenvalue weighted by Crippen LogP contribution is 2.25. The van der Waals surface area contributed by atoms with Crippen molar-refractivity contribution >= 4 is 33.4 Å². The summed E-state index contributed by atoms with van der Waals surface area (Å²) in [6.07, 6.45) is 2.88. The summed E-state index contributed by atoms with van der Waals surface area (Å²) in [5.41, 5.74) is 3.87. The molecule has 2 heterocycles. The van der Waals surface area contributed by atoms with E-state index in [1.807, 2.05) is 48.7 Å². The van der Waals surface area contributed by atoms with E-state index in [9.17, 15) is 4.79 Å². The van der Waals surface area contributed by atoms with E-state index < -0.39 is 0 Å². The number of H-pyrrole nitrogens is 1. The number of carbonyl (C=O) groups is 1. The monoisotopic (exact) mass is 315 g/mol. The Morgan fingerprint density at radius 1 is 0.958 bits per heavy atom. The number of aryl methyl sites for hydroxylation is 1. The summed E-state index contributed by atoms with van der Waals surface area (Å²) in [7, 11) is 0. The predicted molar refractivity (Wildman–Crippen MR) is 97.0 cm³/mol. The van der Waals surface area contributed by atoms with Crippen LogP contribution in [0.2, 0.25) is 0 Å². The number of anilines is 1. The standard InChI is InChI=1S/C20H17N3O/c24-20(22-14-6-2-1-3-7-14)11-10-15-12-17-16-8-4-5-9-18(16)23-19(17)13-21-15/h1-9,12-13,23H,10-11H2,(H,22,24). The van der Waals surface area contributed by atoms with Gasteiger partial charge in [-0.05, 0) is 30.7 Å². The number of para-hydroxylation sites is 2. The Balaban J connectivity index is 1.50. The van der Waals surface area contributed by atoms with Crippen molar-refractivity contribution in [3.63, 3.8) is 0 Å². The highest BCUT2D eigenvalue weighted by molar-refractivity contribution is 6.07. The van der Waals surface area contributed by atoms with E-state index in [0.717, 1.165) is 27.8 Å². The molecule has 4 heteroatoms. The minimum Gasteiger partial charge on any atom is -0.353 e. The second kappa shape index (κ2) is 6.16. The summed E-state index contributed by atoms with van der Waals surface area (Å²) in [6.45, 7) is 0. The maximum atomic E-state index is 12.1. The first kappa shape index (κ1) is 14.5. The van der Waals surface area contributed by atoms with Gasteiger partial charge in [0.15, 0.2) is 0 Å². The molecule has 0 saturated carbocycles. The normalized spacial score (nSPS) is 11.0. The number of carbonyl (C=O) groups excluding carboxylic acids is 1. The summed E-state index contributed by atoms with van der Waals surface area (Å²) in [4.78, 5) is 19.9. The van der Waals surface area contributed by atoms with Crippen molar-refractivity contribution in [1.82, 2.24) is 9.97 Å². The Hall–Kier alpha value is -3.14. The zero-order chi connectivity index (χ0) is 16.4. The summed E-state index contributed by atoms with van der Waals surface area (Å²) in [5, 5.41) is 5.24. The van der Waals surface area contributed by atoms with Gasteiger partial charge in [0, 0.05) is 34.1 Å². The largest absolute Gasteiger partial charge is 0.353 e. The van der Waals surface area contributed by atoms with Gasteiger partial charge in [-0.15, -0.1) is 0 Å². The van der Waals surface area contributed by atoms with Crippen LogP contribution < -0.4 is 5.32 Å². The molecule has 0 atom stereocenters. The number of pyridine rings is 1. The van der Waals surface area contributed by atoms with Gasteiger partial charge in [-0.2, -0.15) is 0 Å². The van der Waals surface area contributed by atoms with E-state index in [1.54, 1.807) is 0 Å². The molecule has 1 amide bonds. The van der Waals surface area contributed by atoms with Gasteiger partial charge in [0.1, 0.15) is 0 Å². The molecule has 0 radical (unpaired) electrons. The lowest BCUT2D eigenvalue weighted by atomic mass is 10.1. The zero-order valence-corrected chi connectivity index (χ0v) is 13.1. The third kappa shape index (κ3) is 2.86. The highest BCUT2D eigenvalue weighted by atomic mass is 16.1. The molecule has 0 unspecified atom stereocenters. The molecule has 4 nitrogen and oxygen atoms in total. The quantitative estimate of drug-likeness (QED) is 0.590. The molecule has 2 N–H and O–H groups in total. The number of benzene rings is 2. The van der Waals surface area contributed by atoms with Crippen LogP contribution in [0, 0.1) is 0 Å². The summed E-state index contributed by atoms with van der Waals surface area (Å²) < 4.78 is 0. The fourth-order valence-electron chi connectivity index (χ4n) is 2.92. The Labute approximate surface area is 139 Å². The smallest absolute Gasteiger partial charge is 0.224 e. The number of aromatic nitrogens is 2. The number of aromatic amines is 1. The number of fused-ring (bicyclic) bond motifs is 3. The molecule has 0 fully saturated rings. The lowest BCUT2D eigenvalue weighted by Crippen LogP contribution is -2.12. The lowest BCUT2D eigenvalue weighted by molar-refractivity contribution is -0.116. The van der Waals surface area contributed by atoms with Gasteiger partial charge in [-0.25, -0.2) is 0 Å². The van der Waals surface area contributed by atoms with Crippen LogP contribution in [0.3, 0.4) is 0 Å². The molecule has 0 spiro atoms. The van der Waals surface area contributed by atoms with Crippen LogP contribution in [0.4, 0.5) is 5.69 Å². The van der Waals surface area contributed by atoms with Crippen LogP contribution >= 0.6 is 0 Å². The minimum atomic E-state index is 0.00187. The van der Waals surface area contributed by atoms with Crippen LogP contribution in [0.1, 0.15) is 12.1 Å². The van der Waals surface area contributed by atoms with Crippen LogP contribution in [0.25, 0.3) is 21.8 Å². The Morgan fingerprint density at radius 2 is 1.75 bits per heavy atom. The van der Waals surface area contributed by atoms with E-state index in [-0.39, 0.29) is 5.91 Å². The molecule has 4 rings (SSSR count). The fourth-order valence-corrected chi connectivity index (χ4v) is 2.92. The van der Waals surface area contributed by atoms with Crippen molar-refractivity contribution < 1.29 is 4.79 Å². The zero-order valence-electron chi connectivity index (χ0n) is 13.1. The fraction of sp³-hybridized carbons (Fsp3) is 0.100. The molecular weight excluding hydrogens is 298 g/mol. The Bertz CT molecular complexity index is 1010. The van der Waals surface area contributed by atoms with E-state index in [2.05, 4.69) is 33.5 Å². The highest BCUT2D eigenvalue weighted by Gasteiger charge is 2.08.